The molecule has 0 bridgehead atoms. The first-order valence-corrected chi connectivity index (χ1v) is 9.52. The monoisotopic (exact) mass is 374 g/mol. The lowest BCUT2D eigenvalue weighted by molar-refractivity contribution is 0.104. The highest BCUT2D eigenvalue weighted by molar-refractivity contribution is 7.18. The minimum Gasteiger partial charge on any atom is -0.488 e. The summed E-state index contributed by atoms with van der Waals surface area (Å²) >= 11 is 2.80. The smallest absolute Gasteiger partial charge is 0.206 e. The fourth-order valence-corrected chi connectivity index (χ4v) is 3.51. The Hall–Kier alpha value is -2.45. The third-order valence-electron chi connectivity index (χ3n) is 3.35. The summed E-state index contributed by atoms with van der Waals surface area (Å²) in [4.78, 5) is 22.4. The molecule has 2 aromatic heterocycles. The molecular formula is C17H18N4O2S2. The van der Waals surface area contributed by atoms with Crippen LogP contribution in [0.5, 0.6) is 5.75 Å². The molecular weight excluding hydrogens is 356 g/mol. The lowest BCUT2D eigenvalue weighted by Crippen LogP contribution is -2.03. The van der Waals surface area contributed by atoms with Gasteiger partial charge in [0.05, 0.1) is 10.4 Å². The summed E-state index contributed by atoms with van der Waals surface area (Å²) in [5.41, 5.74) is 8.20. The maximum absolute atomic E-state index is 12.7. The van der Waals surface area contributed by atoms with Gasteiger partial charge in [-0.15, -0.1) is 11.3 Å². The molecule has 8 heteroatoms. The number of hydrogen-bond donors (Lipinski definition) is 2. The topological polar surface area (TPSA) is 90.1 Å². The van der Waals surface area contributed by atoms with E-state index in [-0.39, 0.29) is 11.6 Å². The zero-order chi connectivity index (χ0) is 17.6. The fraction of sp³-hybridized carbons (Fsp3) is 0.235. The lowest BCUT2D eigenvalue weighted by Gasteiger charge is -2.06. The van der Waals surface area contributed by atoms with E-state index in [1.807, 2.05) is 6.07 Å². The molecule has 130 valence electrons. The summed E-state index contributed by atoms with van der Waals surface area (Å²) in [5.74, 6) is 0.735. The van der Waals surface area contributed by atoms with Crippen molar-refractivity contribution in [1.29, 1.82) is 0 Å². The highest BCUT2D eigenvalue weighted by atomic mass is 32.1. The summed E-state index contributed by atoms with van der Waals surface area (Å²) in [6.45, 7) is 3.28. The van der Waals surface area contributed by atoms with E-state index < -0.39 is 0 Å². The van der Waals surface area contributed by atoms with Crippen LogP contribution in [0, 0.1) is 0 Å². The van der Waals surface area contributed by atoms with Crippen LogP contribution >= 0.6 is 22.7 Å². The number of nitrogens with zero attached hydrogens (tertiary/aromatic N) is 2. The average molecular weight is 374 g/mol. The summed E-state index contributed by atoms with van der Waals surface area (Å²) in [7, 11) is 0. The first kappa shape index (κ1) is 17.4. The standard InChI is InChI=1S/C17H18N4O2S2/c1-2-6-20-17-21-16(18)15(25-17)14(22)11-4-3-5-12(7-11)23-9-13-8-19-10-24-13/h3-5,7-8,10H,2,6,9,18H2,1H3,(H,20,21). The van der Waals surface area contributed by atoms with E-state index >= 15 is 0 Å². The number of rotatable bonds is 8. The molecule has 0 aliphatic rings. The summed E-state index contributed by atoms with van der Waals surface area (Å²) in [6.07, 6.45) is 2.74. The van der Waals surface area contributed by atoms with Crippen molar-refractivity contribution in [2.75, 3.05) is 17.6 Å². The van der Waals surface area contributed by atoms with Gasteiger partial charge in [-0.1, -0.05) is 30.4 Å². The van der Waals surface area contributed by atoms with Crippen molar-refractivity contribution in [3.63, 3.8) is 0 Å². The Morgan fingerprint density at radius 2 is 2.28 bits per heavy atom. The Labute approximate surface area is 153 Å². The normalized spacial score (nSPS) is 10.6. The Morgan fingerprint density at radius 3 is 3.04 bits per heavy atom. The predicted molar refractivity (Wildman–Crippen MR) is 102 cm³/mol. The number of carbonyl (C=O) groups excluding carboxylic acids is 1. The Kier molecular flexibility index (Phi) is 5.62. The number of nitrogens with one attached hydrogen (secondary N) is 1. The number of benzene rings is 1. The fourth-order valence-electron chi connectivity index (χ4n) is 2.13. The zero-order valence-electron chi connectivity index (χ0n) is 13.7. The molecule has 0 amide bonds. The largest absolute Gasteiger partial charge is 0.488 e. The van der Waals surface area contributed by atoms with Crippen molar-refractivity contribution in [1.82, 2.24) is 9.97 Å². The first-order chi connectivity index (χ1) is 12.2. The molecule has 0 unspecified atom stereocenters. The molecule has 3 N–H and O–H groups in total. The summed E-state index contributed by atoms with van der Waals surface area (Å²) in [5, 5.41) is 3.82. The molecule has 0 saturated heterocycles. The number of carbonyl (C=O) groups is 1. The molecule has 2 heterocycles. The summed E-state index contributed by atoms with van der Waals surface area (Å²) < 4.78 is 5.73. The SMILES string of the molecule is CCCNc1nc(N)c(C(=O)c2cccc(OCc3cncs3)c2)s1. The second-order valence-corrected chi connectivity index (χ2v) is 7.24. The zero-order valence-corrected chi connectivity index (χ0v) is 15.3. The lowest BCUT2D eigenvalue weighted by atomic mass is 10.1. The van der Waals surface area contributed by atoms with Crippen LogP contribution in [0.1, 0.15) is 33.5 Å². The van der Waals surface area contributed by atoms with Crippen molar-refractivity contribution >= 4 is 39.4 Å². The van der Waals surface area contributed by atoms with E-state index in [1.165, 1.54) is 22.7 Å². The van der Waals surface area contributed by atoms with Gasteiger partial charge in [0.2, 0.25) is 5.78 Å². The highest BCUT2D eigenvalue weighted by Gasteiger charge is 2.18. The molecule has 0 fully saturated rings. The van der Waals surface area contributed by atoms with Crippen LogP contribution in [0.25, 0.3) is 0 Å². The van der Waals surface area contributed by atoms with Crippen LogP contribution in [0.2, 0.25) is 0 Å². The van der Waals surface area contributed by atoms with E-state index in [1.54, 1.807) is 29.9 Å². The van der Waals surface area contributed by atoms with Gasteiger partial charge in [-0.3, -0.25) is 9.78 Å². The van der Waals surface area contributed by atoms with E-state index in [2.05, 4.69) is 22.2 Å². The van der Waals surface area contributed by atoms with Gasteiger partial charge in [0.1, 0.15) is 23.1 Å². The number of anilines is 2. The molecule has 6 nitrogen and oxygen atoms in total. The van der Waals surface area contributed by atoms with Gasteiger partial charge in [0, 0.05) is 18.3 Å². The third-order valence-corrected chi connectivity index (χ3v) is 5.13. The number of hydrogen-bond acceptors (Lipinski definition) is 8. The Balaban J connectivity index is 1.73. The van der Waals surface area contributed by atoms with Crippen molar-refractivity contribution < 1.29 is 9.53 Å². The molecule has 3 rings (SSSR count). The minimum atomic E-state index is -0.150. The van der Waals surface area contributed by atoms with Crippen LogP contribution < -0.4 is 15.8 Å². The van der Waals surface area contributed by atoms with Gasteiger partial charge in [-0.25, -0.2) is 4.98 Å². The van der Waals surface area contributed by atoms with E-state index in [9.17, 15) is 4.79 Å². The Morgan fingerprint density at radius 1 is 1.40 bits per heavy atom. The van der Waals surface area contributed by atoms with E-state index in [4.69, 9.17) is 10.5 Å². The molecule has 3 aromatic rings. The number of ether oxygens (including phenoxy) is 1. The second-order valence-electron chi connectivity index (χ2n) is 5.27. The van der Waals surface area contributed by atoms with Crippen LogP contribution in [-0.2, 0) is 6.61 Å². The molecule has 25 heavy (non-hydrogen) atoms. The summed E-state index contributed by atoms with van der Waals surface area (Å²) in [6, 6.07) is 7.09. The number of nitrogen functional groups attached to an aromatic ring is 1. The Bertz CT molecular complexity index is 846. The van der Waals surface area contributed by atoms with Gasteiger partial charge < -0.3 is 15.8 Å². The number of ketones is 1. The highest BCUT2D eigenvalue weighted by Crippen LogP contribution is 2.28. The average Bonchev–Trinajstić information content (AvgIpc) is 3.27. The first-order valence-electron chi connectivity index (χ1n) is 7.82. The van der Waals surface area contributed by atoms with Crippen LogP contribution in [0.15, 0.2) is 36.0 Å². The molecule has 0 saturated carbocycles. The quantitative estimate of drug-likeness (QED) is 0.583. The second kappa shape index (κ2) is 8.09. The molecule has 0 aliphatic carbocycles. The van der Waals surface area contributed by atoms with Gasteiger partial charge >= 0.3 is 0 Å². The van der Waals surface area contributed by atoms with E-state index in [0.717, 1.165) is 17.8 Å². The van der Waals surface area contributed by atoms with Gasteiger partial charge in [0.25, 0.3) is 0 Å². The van der Waals surface area contributed by atoms with Crippen LogP contribution in [0.3, 0.4) is 0 Å². The van der Waals surface area contributed by atoms with Gasteiger partial charge in [-0.2, -0.15) is 0 Å². The van der Waals surface area contributed by atoms with Crippen molar-refractivity contribution in [3.8, 4) is 5.75 Å². The number of nitrogens with two attached hydrogens (primary N) is 1. The molecule has 0 radical (unpaired) electrons. The molecule has 1 aromatic carbocycles. The van der Waals surface area contributed by atoms with Gasteiger partial charge in [0.15, 0.2) is 5.13 Å². The molecule has 0 spiro atoms. The maximum Gasteiger partial charge on any atom is 0.206 e. The van der Waals surface area contributed by atoms with Crippen molar-refractivity contribution in [3.05, 3.63) is 51.3 Å². The number of thiazole rings is 2. The van der Waals surface area contributed by atoms with E-state index in [0.29, 0.717) is 27.9 Å². The van der Waals surface area contributed by atoms with Crippen molar-refractivity contribution in [2.24, 2.45) is 0 Å². The minimum absolute atomic E-state index is 0.150. The predicted octanol–water partition coefficient (Wildman–Crippen LogP) is 3.81. The van der Waals surface area contributed by atoms with Gasteiger partial charge in [-0.05, 0) is 18.6 Å². The van der Waals surface area contributed by atoms with Crippen molar-refractivity contribution in [2.45, 2.75) is 20.0 Å². The molecule has 0 aliphatic heterocycles. The number of aromatic nitrogens is 2. The van der Waals surface area contributed by atoms with Crippen LogP contribution in [-0.4, -0.2) is 22.3 Å². The van der Waals surface area contributed by atoms with Crippen LogP contribution in [0.4, 0.5) is 10.9 Å². The maximum atomic E-state index is 12.7. The third kappa shape index (κ3) is 4.34. The molecule has 0 atom stereocenters.